The number of amides is 1. The highest BCUT2D eigenvalue weighted by Crippen LogP contribution is 2.17. The van der Waals surface area contributed by atoms with Crippen LogP contribution in [0.1, 0.15) is 10.4 Å². The maximum atomic E-state index is 13.5. The number of anilines is 1. The molecular weight excluding hydrogens is 275 g/mol. The van der Waals surface area contributed by atoms with Crippen LogP contribution in [-0.4, -0.2) is 30.6 Å². The lowest BCUT2D eigenvalue weighted by molar-refractivity contribution is 0.102. The summed E-state index contributed by atoms with van der Waals surface area (Å²) in [7, 11) is 0. The van der Waals surface area contributed by atoms with Crippen LogP contribution >= 0.6 is 0 Å². The van der Waals surface area contributed by atoms with Gasteiger partial charge in [0.05, 0.1) is 11.3 Å². The van der Waals surface area contributed by atoms with Gasteiger partial charge in [-0.05, 0) is 24.3 Å². The second-order valence-corrected chi connectivity index (χ2v) is 4.01. The number of nitrogens with one attached hydrogen (secondary N) is 1. The maximum absolute atomic E-state index is 13.5. The first-order chi connectivity index (χ1) is 10.3. The van der Waals surface area contributed by atoms with Crippen molar-refractivity contribution in [2.75, 3.05) is 5.32 Å². The SMILES string of the molecule is O=C(Nc1cccnc1-n1cncn1)c1cccnc1F. The van der Waals surface area contributed by atoms with E-state index in [9.17, 15) is 9.18 Å². The van der Waals surface area contributed by atoms with Gasteiger partial charge in [0.2, 0.25) is 5.95 Å². The van der Waals surface area contributed by atoms with E-state index in [1.807, 2.05) is 0 Å². The highest BCUT2D eigenvalue weighted by Gasteiger charge is 2.15. The van der Waals surface area contributed by atoms with Crippen molar-refractivity contribution in [3.8, 4) is 5.82 Å². The van der Waals surface area contributed by atoms with Gasteiger partial charge in [0.1, 0.15) is 12.7 Å². The van der Waals surface area contributed by atoms with E-state index in [0.717, 1.165) is 0 Å². The molecule has 0 spiro atoms. The lowest BCUT2D eigenvalue weighted by atomic mass is 10.2. The minimum atomic E-state index is -0.832. The normalized spacial score (nSPS) is 10.3. The predicted molar refractivity (Wildman–Crippen MR) is 71.3 cm³/mol. The van der Waals surface area contributed by atoms with Crippen LogP contribution in [0, 0.1) is 5.95 Å². The molecule has 0 fully saturated rings. The van der Waals surface area contributed by atoms with E-state index < -0.39 is 11.9 Å². The third kappa shape index (κ3) is 2.59. The van der Waals surface area contributed by atoms with Crippen molar-refractivity contribution in [2.24, 2.45) is 0 Å². The molecule has 8 heteroatoms. The summed E-state index contributed by atoms with van der Waals surface area (Å²) in [6.45, 7) is 0. The molecule has 0 saturated carbocycles. The number of nitrogens with zero attached hydrogens (tertiary/aromatic N) is 5. The van der Waals surface area contributed by atoms with Gasteiger partial charge < -0.3 is 5.32 Å². The number of carbonyl (C=O) groups is 1. The molecule has 1 N–H and O–H groups in total. The van der Waals surface area contributed by atoms with Gasteiger partial charge in [-0.2, -0.15) is 9.49 Å². The number of aromatic nitrogens is 5. The maximum Gasteiger partial charge on any atom is 0.260 e. The second-order valence-electron chi connectivity index (χ2n) is 4.01. The molecule has 0 aliphatic heterocycles. The molecule has 0 atom stereocenters. The summed E-state index contributed by atoms with van der Waals surface area (Å²) in [6.07, 6.45) is 5.62. The highest BCUT2D eigenvalue weighted by molar-refractivity contribution is 6.05. The van der Waals surface area contributed by atoms with E-state index in [2.05, 4.69) is 25.4 Å². The molecule has 0 radical (unpaired) electrons. The van der Waals surface area contributed by atoms with Crippen LogP contribution in [0.5, 0.6) is 0 Å². The molecule has 7 nitrogen and oxygen atoms in total. The van der Waals surface area contributed by atoms with Gasteiger partial charge in [-0.3, -0.25) is 4.79 Å². The highest BCUT2D eigenvalue weighted by atomic mass is 19.1. The van der Waals surface area contributed by atoms with Gasteiger partial charge in [-0.25, -0.2) is 19.6 Å². The Balaban J connectivity index is 1.93. The fourth-order valence-electron chi connectivity index (χ4n) is 1.74. The Kier molecular flexibility index (Phi) is 3.34. The van der Waals surface area contributed by atoms with Crippen molar-refractivity contribution in [3.63, 3.8) is 0 Å². The van der Waals surface area contributed by atoms with Crippen LogP contribution in [0.4, 0.5) is 10.1 Å². The molecule has 0 aromatic carbocycles. The first-order valence-corrected chi connectivity index (χ1v) is 5.97. The second kappa shape index (κ2) is 5.45. The van der Waals surface area contributed by atoms with Crippen LogP contribution in [0.3, 0.4) is 0 Å². The van der Waals surface area contributed by atoms with Crippen LogP contribution in [0.2, 0.25) is 0 Å². The van der Waals surface area contributed by atoms with Gasteiger partial charge in [0.25, 0.3) is 5.91 Å². The molecule has 3 aromatic heterocycles. The third-order valence-electron chi connectivity index (χ3n) is 2.67. The summed E-state index contributed by atoms with van der Waals surface area (Å²) in [5, 5.41) is 6.54. The number of hydrogen-bond acceptors (Lipinski definition) is 5. The predicted octanol–water partition coefficient (Wildman–Crippen LogP) is 1.45. The van der Waals surface area contributed by atoms with Crippen molar-refractivity contribution in [2.45, 2.75) is 0 Å². The zero-order chi connectivity index (χ0) is 14.7. The van der Waals surface area contributed by atoms with Crippen molar-refractivity contribution in [1.29, 1.82) is 0 Å². The molecule has 1 amide bonds. The molecule has 21 heavy (non-hydrogen) atoms. The van der Waals surface area contributed by atoms with E-state index in [4.69, 9.17) is 0 Å². The summed E-state index contributed by atoms with van der Waals surface area (Å²) in [5.74, 6) is -1.07. The standard InChI is InChI=1S/C13H9FN6O/c14-11-9(3-1-5-16-11)13(21)19-10-4-2-6-17-12(10)20-8-15-7-18-20/h1-8H,(H,19,21). The summed E-state index contributed by atoms with van der Waals surface area (Å²) in [4.78, 5) is 23.5. The minimum Gasteiger partial charge on any atom is -0.319 e. The average Bonchev–Trinajstić information content (AvgIpc) is 3.02. The Bertz CT molecular complexity index is 774. The van der Waals surface area contributed by atoms with Gasteiger partial charge in [-0.15, -0.1) is 0 Å². The van der Waals surface area contributed by atoms with Crippen molar-refractivity contribution < 1.29 is 9.18 Å². The number of carbonyl (C=O) groups excluding carboxylic acids is 1. The zero-order valence-electron chi connectivity index (χ0n) is 10.6. The minimum absolute atomic E-state index is 0.147. The van der Waals surface area contributed by atoms with E-state index in [1.54, 1.807) is 18.3 Å². The molecule has 3 aromatic rings. The first-order valence-electron chi connectivity index (χ1n) is 5.97. The molecule has 0 bridgehead atoms. The van der Waals surface area contributed by atoms with Crippen molar-refractivity contribution >= 4 is 11.6 Å². The van der Waals surface area contributed by atoms with Gasteiger partial charge in [0, 0.05) is 12.4 Å². The Labute approximate surface area is 118 Å². The first kappa shape index (κ1) is 12.9. The summed E-state index contributed by atoms with van der Waals surface area (Å²) < 4.78 is 14.9. The van der Waals surface area contributed by atoms with E-state index in [-0.39, 0.29) is 5.56 Å². The number of pyridine rings is 2. The lowest BCUT2D eigenvalue weighted by Gasteiger charge is -2.09. The number of hydrogen-bond donors (Lipinski definition) is 1. The molecule has 104 valence electrons. The topological polar surface area (TPSA) is 85.6 Å². The van der Waals surface area contributed by atoms with Gasteiger partial charge in [0.15, 0.2) is 5.82 Å². The van der Waals surface area contributed by atoms with Crippen LogP contribution < -0.4 is 5.32 Å². The molecule has 0 aliphatic carbocycles. The molecular formula is C13H9FN6O. The fourth-order valence-corrected chi connectivity index (χ4v) is 1.74. The fraction of sp³-hybridized carbons (Fsp3) is 0. The van der Waals surface area contributed by atoms with Crippen LogP contribution in [-0.2, 0) is 0 Å². The van der Waals surface area contributed by atoms with Gasteiger partial charge in [-0.1, -0.05) is 0 Å². The van der Waals surface area contributed by atoms with Crippen LogP contribution in [0.25, 0.3) is 5.82 Å². The van der Waals surface area contributed by atoms with E-state index in [0.29, 0.717) is 11.5 Å². The smallest absolute Gasteiger partial charge is 0.260 e. The Morgan fingerprint density at radius 1 is 1.19 bits per heavy atom. The molecule has 0 unspecified atom stereocenters. The van der Waals surface area contributed by atoms with E-state index in [1.165, 1.54) is 35.7 Å². The number of rotatable bonds is 3. The lowest BCUT2D eigenvalue weighted by Crippen LogP contribution is -2.16. The molecule has 3 rings (SSSR count). The van der Waals surface area contributed by atoms with Crippen molar-refractivity contribution in [1.82, 2.24) is 24.7 Å². The largest absolute Gasteiger partial charge is 0.319 e. The number of halogens is 1. The third-order valence-corrected chi connectivity index (χ3v) is 2.67. The Morgan fingerprint density at radius 3 is 2.76 bits per heavy atom. The van der Waals surface area contributed by atoms with Crippen LogP contribution in [0.15, 0.2) is 49.3 Å². The summed E-state index contributed by atoms with van der Waals surface area (Å²) >= 11 is 0. The molecule has 3 heterocycles. The Hall–Kier alpha value is -3.16. The summed E-state index contributed by atoms with van der Waals surface area (Å²) in [5.41, 5.74) is 0.238. The van der Waals surface area contributed by atoms with Crippen molar-refractivity contribution in [3.05, 3.63) is 60.8 Å². The average molecular weight is 284 g/mol. The molecule has 0 aliphatic rings. The summed E-state index contributed by atoms with van der Waals surface area (Å²) in [6, 6.07) is 6.12. The zero-order valence-corrected chi connectivity index (χ0v) is 10.6. The monoisotopic (exact) mass is 284 g/mol. The quantitative estimate of drug-likeness (QED) is 0.736. The van der Waals surface area contributed by atoms with E-state index >= 15 is 0 Å². The van der Waals surface area contributed by atoms with Gasteiger partial charge >= 0.3 is 0 Å². The molecule has 0 saturated heterocycles. The Morgan fingerprint density at radius 2 is 2.00 bits per heavy atom.